The maximum atomic E-state index is 12.1. The fourth-order valence-electron chi connectivity index (χ4n) is 2.49. The molecule has 3 nitrogen and oxygen atoms in total. The average molecular weight is 311 g/mol. The van der Waals surface area contributed by atoms with Gasteiger partial charge < -0.3 is 11.1 Å². The van der Waals surface area contributed by atoms with Crippen molar-refractivity contribution < 1.29 is 4.79 Å². The Morgan fingerprint density at radius 1 is 1.19 bits per heavy atom. The molecule has 21 heavy (non-hydrogen) atoms. The van der Waals surface area contributed by atoms with Gasteiger partial charge in [0.05, 0.1) is 6.04 Å². The number of hydrogen-bond acceptors (Lipinski definition) is 2. The summed E-state index contributed by atoms with van der Waals surface area (Å²) >= 11 is 5.87. The van der Waals surface area contributed by atoms with Gasteiger partial charge >= 0.3 is 0 Å². The Kier molecular flexibility index (Phi) is 7.76. The van der Waals surface area contributed by atoms with E-state index in [2.05, 4.69) is 19.2 Å². The summed E-state index contributed by atoms with van der Waals surface area (Å²) in [6, 6.07) is 7.57. The van der Waals surface area contributed by atoms with Crippen LogP contribution < -0.4 is 11.1 Å². The molecule has 3 N–H and O–H groups in total. The summed E-state index contributed by atoms with van der Waals surface area (Å²) in [6.45, 7) is 7.05. The summed E-state index contributed by atoms with van der Waals surface area (Å²) in [5.74, 6) is 1.18. The van der Waals surface area contributed by atoms with E-state index in [1.54, 1.807) is 0 Å². The predicted molar refractivity (Wildman–Crippen MR) is 89.2 cm³/mol. The van der Waals surface area contributed by atoms with Crippen LogP contribution in [0.1, 0.15) is 51.6 Å². The third-order valence-electron chi connectivity index (χ3n) is 3.97. The van der Waals surface area contributed by atoms with Gasteiger partial charge in [-0.1, -0.05) is 37.6 Å². The van der Waals surface area contributed by atoms with E-state index in [1.165, 1.54) is 0 Å². The molecular formula is C17H27ClN2O. The molecule has 118 valence electrons. The first kappa shape index (κ1) is 18.0. The van der Waals surface area contributed by atoms with Crippen LogP contribution in [0, 0.1) is 11.8 Å². The van der Waals surface area contributed by atoms with Crippen LogP contribution in [0.4, 0.5) is 0 Å². The highest BCUT2D eigenvalue weighted by Crippen LogP contribution is 2.21. The van der Waals surface area contributed by atoms with Gasteiger partial charge in [-0.25, -0.2) is 0 Å². The van der Waals surface area contributed by atoms with Crippen LogP contribution >= 0.6 is 11.6 Å². The molecule has 0 saturated heterocycles. The van der Waals surface area contributed by atoms with Crippen molar-refractivity contribution >= 4 is 17.5 Å². The van der Waals surface area contributed by atoms with Crippen molar-refractivity contribution in [2.45, 2.75) is 46.1 Å². The number of benzene rings is 1. The second-order valence-corrected chi connectivity index (χ2v) is 6.40. The number of nitrogens with two attached hydrogens (primary N) is 1. The summed E-state index contributed by atoms with van der Waals surface area (Å²) in [6.07, 6.45) is 2.44. The first-order chi connectivity index (χ1) is 9.93. The first-order valence-electron chi connectivity index (χ1n) is 7.69. The molecule has 0 aliphatic heterocycles. The SMILES string of the molecule is CC(NC(=O)CCC(CCN)C(C)C)c1ccc(Cl)cc1. The molecule has 0 radical (unpaired) electrons. The van der Waals surface area contributed by atoms with Crippen molar-refractivity contribution in [2.24, 2.45) is 17.6 Å². The lowest BCUT2D eigenvalue weighted by Gasteiger charge is -2.20. The third kappa shape index (κ3) is 6.49. The van der Waals surface area contributed by atoms with Gasteiger partial charge in [-0.15, -0.1) is 0 Å². The third-order valence-corrected chi connectivity index (χ3v) is 4.22. The molecule has 2 atom stereocenters. The van der Waals surface area contributed by atoms with Gasteiger partial charge in [-0.2, -0.15) is 0 Å². The van der Waals surface area contributed by atoms with E-state index < -0.39 is 0 Å². The Morgan fingerprint density at radius 2 is 1.81 bits per heavy atom. The van der Waals surface area contributed by atoms with Crippen molar-refractivity contribution in [1.29, 1.82) is 0 Å². The van der Waals surface area contributed by atoms with Crippen LogP contribution in [0.25, 0.3) is 0 Å². The van der Waals surface area contributed by atoms with Crippen molar-refractivity contribution in [3.63, 3.8) is 0 Å². The minimum atomic E-state index is 0.00164. The molecule has 0 aliphatic rings. The topological polar surface area (TPSA) is 55.1 Å². The molecule has 1 amide bonds. The van der Waals surface area contributed by atoms with Gasteiger partial charge in [-0.05, 0) is 55.8 Å². The molecule has 0 aliphatic carbocycles. The molecule has 0 bridgehead atoms. The molecule has 0 spiro atoms. The maximum Gasteiger partial charge on any atom is 0.220 e. The van der Waals surface area contributed by atoms with E-state index in [-0.39, 0.29) is 11.9 Å². The van der Waals surface area contributed by atoms with Gasteiger partial charge in [0.15, 0.2) is 0 Å². The minimum absolute atomic E-state index is 0.00164. The zero-order valence-electron chi connectivity index (χ0n) is 13.2. The normalized spacial score (nSPS) is 14.0. The van der Waals surface area contributed by atoms with E-state index >= 15 is 0 Å². The lowest BCUT2D eigenvalue weighted by molar-refractivity contribution is -0.122. The fraction of sp³-hybridized carbons (Fsp3) is 0.588. The summed E-state index contributed by atoms with van der Waals surface area (Å²) < 4.78 is 0. The number of amides is 1. The van der Waals surface area contributed by atoms with E-state index in [9.17, 15) is 4.79 Å². The average Bonchev–Trinajstić information content (AvgIpc) is 2.43. The molecule has 4 heteroatoms. The largest absolute Gasteiger partial charge is 0.350 e. The Morgan fingerprint density at radius 3 is 2.33 bits per heavy atom. The molecule has 1 aromatic rings. The highest BCUT2D eigenvalue weighted by molar-refractivity contribution is 6.30. The van der Waals surface area contributed by atoms with Crippen molar-refractivity contribution in [3.8, 4) is 0 Å². The smallest absolute Gasteiger partial charge is 0.220 e. The highest BCUT2D eigenvalue weighted by atomic mass is 35.5. The van der Waals surface area contributed by atoms with Crippen molar-refractivity contribution in [2.75, 3.05) is 6.54 Å². The van der Waals surface area contributed by atoms with Crippen molar-refractivity contribution in [3.05, 3.63) is 34.9 Å². The van der Waals surface area contributed by atoms with Gasteiger partial charge in [0.2, 0.25) is 5.91 Å². The fourth-order valence-corrected chi connectivity index (χ4v) is 2.62. The summed E-state index contributed by atoms with van der Waals surface area (Å²) in [7, 11) is 0. The number of rotatable bonds is 8. The molecule has 0 fully saturated rings. The van der Waals surface area contributed by atoms with E-state index in [1.807, 2.05) is 31.2 Å². The van der Waals surface area contributed by atoms with E-state index in [4.69, 9.17) is 17.3 Å². The molecule has 0 saturated carbocycles. The second-order valence-electron chi connectivity index (χ2n) is 5.96. The molecule has 1 aromatic carbocycles. The second kappa shape index (κ2) is 9.06. The summed E-state index contributed by atoms with van der Waals surface area (Å²) in [4.78, 5) is 12.1. The standard InChI is InChI=1S/C17H27ClN2O/c1-12(2)14(10-11-19)6-9-17(21)20-13(3)15-4-7-16(18)8-5-15/h4-5,7-8,12-14H,6,9-11,19H2,1-3H3,(H,20,21). The van der Waals surface area contributed by atoms with E-state index in [0.717, 1.165) is 18.4 Å². The maximum absolute atomic E-state index is 12.1. The summed E-state index contributed by atoms with van der Waals surface area (Å²) in [5.41, 5.74) is 6.70. The van der Waals surface area contributed by atoms with Gasteiger partial charge in [-0.3, -0.25) is 4.79 Å². The number of carbonyl (C=O) groups is 1. The number of hydrogen-bond donors (Lipinski definition) is 2. The number of halogens is 1. The van der Waals surface area contributed by atoms with Crippen molar-refractivity contribution in [1.82, 2.24) is 5.32 Å². The molecule has 0 aromatic heterocycles. The zero-order valence-corrected chi connectivity index (χ0v) is 14.0. The van der Waals surface area contributed by atoms with Crippen LogP contribution in [-0.4, -0.2) is 12.5 Å². The highest BCUT2D eigenvalue weighted by Gasteiger charge is 2.15. The van der Waals surface area contributed by atoms with Crippen LogP contribution in [0.15, 0.2) is 24.3 Å². The van der Waals surface area contributed by atoms with Gasteiger partial charge in [0.1, 0.15) is 0 Å². The Balaban J connectivity index is 2.44. The Hall–Kier alpha value is -1.06. The molecule has 2 unspecified atom stereocenters. The summed E-state index contributed by atoms with van der Waals surface area (Å²) in [5, 5.41) is 3.75. The van der Waals surface area contributed by atoms with Crippen LogP contribution in [-0.2, 0) is 4.79 Å². The molecule has 1 rings (SSSR count). The van der Waals surface area contributed by atoms with Crippen LogP contribution in [0.3, 0.4) is 0 Å². The molecule has 0 heterocycles. The monoisotopic (exact) mass is 310 g/mol. The Bertz CT molecular complexity index is 431. The van der Waals surface area contributed by atoms with Gasteiger partial charge in [0.25, 0.3) is 0 Å². The van der Waals surface area contributed by atoms with Crippen LogP contribution in [0.5, 0.6) is 0 Å². The minimum Gasteiger partial charge on any atom is -0.350 e. The van der Waals surface area contributed by atoms with Gasteiger partial charge in [0, 0.05) is 11.4 Å². The van der Waals surface area contributed by atoms with E-state index in [0.29, 0.717) is 29.8 Å². The number of carbonyl (C=O) groups excluding carboxylic acids is 1. The number of nitrogens with one attached hydrogen (secondary N) is 1. The lowest BCUT2D eigenvalue weighted by Crippen LogP contribution is -2.27. The lowest BCUT2D eigenvalue weighted by atomic mass is 9.88. The quantitative estimate of drug-likeness (QED) is 0.764. The predicted octanol–water partition coefficient (Wildman–Crippen LogP) is 3.92. The molecular weight excluding hydrogens is 284 g/mol. The van der Waals surface area contributed by atoms with Crippen LogP contribution in [0.2, 0.25) is 5.02 Å². The zero-order chi connectivity index (χ0) is 15.8. The first-order valence-corrected chi connectivity index (χ1v) is 8.06. The Labute approximate surface area is 133 Å².